The fourth-order valence-corrected chi connectivity index (χ4v) is 2.68. The number of ether oxygens (including phenoxy) is 1. The molecule has 1 aromatic carbocycles. The molecular formula is C15H24N2O2. The molecule has 0 aromatic heterocycles. The maximum absolute atomic E-state index is 9.44. The summed E-state index contributed by atoms with van der Waals surface area (Å²) in [5.41, 5.74) is 1.35. The zero-order valence-corrected chi connectivity index (χ0v) is 12.2. The van der Waals surface area contributed by atoms with Crippen molar-refractivity contribution in [3.05, 3.63) is 23.8 Å². The van der Waals surface area contributed by atoms with Crippen LogP contribution in [0, 0.1) is 5.41 Å². The minimum atomic E-state index is 0.211. The topological polar surface area (TPSA) is 44.7 Å². The average molecular weight is 264 g/mol. The summed E-state index contributed by atoms with van der Waals surface area (Å²) in [6.45, 7) is 7.12. The van der Waals surface area contributed by atoms with Crippen LogP contribution in [0.15, 0.2) is 18.2 Å². The lowest BCUT2D eigenvalue weighted by Gasteiger charge is -2.29. The summed E-state index contributed by atoms with van der Waals surface area (Å²) < 4.78 is 5.61. The number of benzene rings is 1. The molecule has 4 heteroatoms. The molecule has 2 rings (SSSR count). The van der Waals surface area contributed by atoms with Crippen LogP contribution in [0.5, 0.6) is 11.5 Å². The van der Waals surface area contributed by atoms with Crippen molar-refractivity contribution in [2.24, 2.45) is 5.41 Å². The second-order valence-corrected chi connectivity index (χ2v) is 6.37. The van der Waals surface area contributed by atoms with Crippen molar-refractivity contribution in [2.75, 3.05) is 33.8 Å². The molecule has 1 aromatic rings. The third-order valence-electron chi connectivity index (χ3n) is 3.35. The molecule has 0 amide bonds. The van der Waals surface area contributed by atoms with Crippen molar-refractivity contribution in [1.82, 2.24) is 10.2 Å². The molecular weight excluding hydrogens is 240 g/mol. The number of nitrogens with one attached hydrogen (secondary N) is 1. The molecule has 0 fully saturated rings. The Labute approximate surface area is 115 Å². The van der Waals surface area contributed by atoms with E-state index in [0.717, 1.165) is 24.4 Å². The molecule has 0 radical (unpaired) electrons. The summed E-state index contributed by atoms with van der Waals surface area (Å²) >= 11 is 0. The van der Waals surface area contributed by atoms with Crippen LogP contribution in [-0.4, -0.2) is 43.8 Å². The summed E-state index contributed by atoms with van der Waals surface area (Å²) in [5, 5.41) is 13.0. The first-order valence-electron chi connectivity index (χ1n) is 6.71. The van der Waals surface area contributed by atoms with Gasteiger partial charge in [-0.15, -0.1) is 0 Å². The number of rotatable bonds is 5. The Bertz CT molecular complexity index is 444. The predicted molar refractivity (Wildman–Crippen MR) is 76.7 cm³/mol. The highest BCUT2D eigenvalue weighted by Gasteiger charge is 2.27. The molecule has 0 spiro atoms. The minimum Gasteiger partial charge on any atom is -0.508 e. The largest absolute Gasteiger partial charge is 0.508 e. The van der Waals surface area contributed by atoms with Crippen LogP contribution in [0.3, 0.4) is 0 Å². The third kappa shape index (κ3) is 3.61. The number of hydrogen-bond donors (Lipinski definition) is 2. The molecule has 106 valence electrons. The Morgan fingerprint density at radius 3 is 2.84 bits per heavy atom. The van der Waals surface area contributed by atoms with E-state index in [2.05, 4.69) is 38.2 Å². The molecule has 1 heterocycles. The van der Waals surface area contributed by atoms with Gasteiger partial charge in [-0.05, 0) is 31.6 Å². The number of phenolic OH excluding ortho intramolecular Hbond substituents is 1. The summed E-state index contributed by atoms with van der Waals surface area (Å²) in [6.07, 6.45) is 0. The summed E-state index contributed by atoms with van der Waals surface area (Å²) in [4.78, 5) is 2.21. The lowest BCUT2D eigenvalue weighted by molar-refractivity contribution is 0.217. The Hall–Kier alpha value is -1.26. The third-order valence-corrected chi connectivity index (χ3v) is 3.35. The van der Waals surface area contributed by atoms with Gasteiger partial charge in [-0.3, -0.25) is 0 Å². The molecule has 19 heavy (non-hydrogen) atoms. The highest BCUT2D eigenvalue weighted by atomic mass is 16.5. The number of aromatic hydroxyl groups is 1. The lowest BCUT2D eigenvalue weighted by atomic mass is 9.92. The van der Waals surface area contributed by atoms with Gasteiger partial charge in [-0.2, -0.15) is 0 Å². The van der Waals surface area contributed by atoms with Crippen molar-refractivity contribution < 1.29 is 9.84 Å². The SMILES string of the molecule is CN(C)CC(C)(C)CNC1COc2cc(O)ccc21. The first kappa shape index (κ1) is 14.2. The predicted octanol–water partition coefficient (Wildman–Crippen LogP) is 2.00. The van der Waals surface area contributed by atoms with Crippen LogP contribution in [0.2, 0.25) is 0 Å². The number of nitrogens with zero attached hydrogens (tertiary/aromatic N) is 1. The van der Waals surface area contributed by atoms with E-state index in [9.17, 15) is 5.11 Å². The lowest BCUT2D eigenvalue weighted by Crippen LogP contribution is -2.39. The van der Waals surface area contributed by atoms with Gasteiger partial charge in [0.15, 0.2) is 0 Å². The van der Waals surface area contributed by atoms with E-state index >= 15 is 0 Å². The van der Waals surface area contributed by atoms with E-state index in [1.54, 1.807) is 12.1 Å². The second kappa shape index (κ2) is 5.39. The fourth-order valence-electron chi connectivity index (χ4n) is 2.68. The molecule has 0 saturated heterocycles. The molecule has 1 aliphatic rings. The van der Waals surface area contributed by atoms with Gasteiger partial charge in [0.1, 0.15) is 18.1 Å². The van der Waals surface area contributed by atoms with Crippen molar-refractivity contribution in [1.29, 1.82) is 0 Å². The summed E-state index contributed by atoms with van der Waals surface area (Å²) in [7, 11) is 4.19. The Kier molecular flexibility index (Phi) is 4.02. The van der Waals surface area contributed by atoms with Crippen LogP contribution < -0.4 is 10.1 Å². The molecule has 0 aliphatic carbocycles. The Morgan fingerprint density at radius 1 is 1.42 bits per heavy atom. The van der Waals surface area contributed by atoms with Crippen molar-refractivity contribution in [3.8, 4) is 11.5 Å². The van der Waals surface area contributed by atoms with E-state index in [4.69, 9.17) is 4.74 Å². The maximum Gasteiger partial charge on any atom is 0.127 e. The van der Waals surface area contributed by atoms with Crippen molar-refractivity contribution >= 4 is 0 Å². The minimum absolute atomic E-state index is 0.211. The molecule has 0 saturated carbocycles. The Balaban J connectivity index is 1.96. The van der Waals surface area contributed by atoms with Gasteiger partial charge in [0.2, 0.25) is 0 Å². The highest BCUT2D eigenvalue weighted by molar-refractivity contribution is 5.44. The van der Waals surface area contributed by atoms with Crippen LogP contribution in [0.1, 0.15) is 25.5 Å². The monoisotopic (exact) mass is 264 g/mol. The molecule has 4 nitrogen and oxygen atoms in total. The van der Waals surface area contributed by atoms with Crippen molar-refractivity contribution in [2.45, 2.75) is 19.9 Å². The summed E-state index contributed by atoms with van der Waals surface area (Å²) in [6, 6.07) is 5.56. The van der Waals surface area contributed by atoms with Crippen LogP contribution in [0.4, 0.5) is 0 Å². The van der Waals surface area contributed by atoms with E-state index in [1.807, 2.05) is 6.07 Å². The average Bonchev–Trinajstić information content (AvgIpc) is 2.67. The van der Waals surface area contributed by atoms with E-state index in [0.29, 0.717) is 6.61 Å². The highest BCUT2D eigenvalue weighted by Crippen LogP contribution is 2.35. The first-order chi connectivity index (χ1) is 8.87. The standard InChI is InChI=1S/C15H24N2O2/c1-15(2,10-17(3)4)9-16-13-8-19-14-7-11(18)5-6-12(13)14/h5-7,13,16,18H,8-10H2,1-4H3. The normalized spacial score (nSPS) is 18.5. The maximum atomic E-state index is 9.44. The van der Waals surface area contributed by atoms with E-state index in [1.165, 1.54) is 0 Å². The Morgan fingerprint density at radius 2 is 2.16 bits per heavy atom. The van der Waals surface area contributed by atoms with Gasteiger partial charge in [0, 0.05) is 24.7 Å². The second-order valence-electron chi connectivity index (χ2n) is 6.37. The van der Waals surface area contributed by atoms with Gasteiger partial charge in [-0.25, -0.2) is 0 Å². The van der Waals surface area contributed by atoms with Gasteiger partial charge in [0.05, 0.1) is 6.04 Å². The number of phenols is 1. The van der Waals surface area contributed by atoms with Crippen LogP contribution in [-0.2, 0) is 0 Å². The quantitative estimate of drug-likeness (QED) is 0.854. The molecule has 1 atom stereocenters. The number of fused-ring (bicyclic) bond motifs is 1. The van der Waals surface area contributed by atoms with Gasteiger partial charge in [-0.1, -0.05) is 13.8 Å². The zero-order chi connectivity index (χ0) is 14.0. The molecule has 2 N–H and O–H groups in total. The van der Waals surface area contributed by atoms with E-state index < -0.39 is 0 Å². The molecule has 1 aliphatic heterocycles. The summed E-state index contributed by atoms with van der Waals surface area (Å²) in [5.74, 6) is 1.05. The molecule has 1 unspecified atom stereocenters. The van der Waals surface area contributed by atoms with Crippen LogP contribution in [0.25, 0.3) is 0 Å². The van der Waals surface area contributed by atoms with Gasteiger partial charge >= 0.3 is 0 Å². The van der Waals surface area contributed by atoms with Gasteiger partial charge in [0.25, 0.3) is 0 Å². The fraction of sp³-hybridized carbons (Fsp3) is 0.600. The van der Waals surface area contributed by atoms with E-state index in [-0.39, 0.29) is 17.2 Å². The smallest absolute Gasteiger partial charge is 0.127 e. The first-order valence-corrected chi connectivity index (χ1v) is 6.71. The molecule has 0 bridgehead atoms. The van der Waals surface area contributed by atoms with Crippen LogP contribution >= 0.6 is 0 Å². The zero-order valence-electron chi connectivity index (χ0n) is 12.2. The van der Waals surface area contributed by atoms with Gasteiger partial charge < -0.3 is 20.1 Å². The number of hydrogen-bond acceptors (Lipinski definition) is 4. The van der Waals surface area contributed by atoms with Crippen molar-refractivity contribution in [3.63, 3.8) is 0 Å².